The summed E-state index contributed by atoms with van der Waals surface area (Å²) in [5, 5.41) is 14.9. The molecule has 3 N–H and O–H groups in total. The summed E-state index contributed by atoms with van der Waals surface area (Å²) in [6.07, 6.45) is 0. The van der Waals surface area contributed by atoms with Crippen molar-refractivity contribution in [2.24, 2.45) is 0 Å². The second-order valence-electron chi connectivity index (χ2n) is 6.24. The van der Waals surface area contributed by atoms with E-state index < -0.39 is 5.97 Å². The van der Waals surface area contributed by atoms with E-state index in [4.69, 9.17) is 4.74 Å². The summed E-state index contributed by atoms with van der Waals surface area (Å²) >= 11 is 0.911. The zero-order chi connectivity index (χ0) is 21.0. The van der Waals surface area contributed by atoms with Crippen molar-refractivity contribution >= 4 is 40.5 Å². The van der Waals surface area contributed by atoms with Gasteiger partial charge in [0.1, 0.15) is 10.6 Å². The largest absolute Gasteiger partial charge is 0.477 e. The van der Waals surface area contributed by atoms with E-state index in [1.54, 1.807) is 36.4 Å². The second kappa shape index (κ2) is 8.57. The average molecular weight is 410 g/mol. The molecule has 0 atom stereocenters. The van der Waals surface area contributed by atoms with E-state index in [0.29, 0.717) is 17.0 Å². The van der Waals surface area contributed by atoms with Gasteiger partial charge in [-0.1, -0.05) is 29.0 Å². The maximum atomic E-state index is 12.5. The fourth-order valence-corrected chi connectivity index (χ4v) is 3.28. The minimum atomic E-state index is -1.11. The first-order valence-electron chi connectivity index (χ1n) is 8.62. The lowest BCUT2D eigenvalue weighted by atomic mass is 10.1. The molecule has 7 nitrogen and oxygen atoms in total. The van der Waals surface area contributed by atoms with Gasteiger partial charge in [-0.25, -0.2) is 4.79 Å². The van der Waals surface area contributed by atoms with E-state index in [0.717, 1.165) is 16.9 Å². The van der Waals surface area contributed by atoms with Crippen LogP contribution in [0.4, 0.5) is 11.4 Å². The molecule has 3 aromatic rings. The number of carboxylic acid groups (broad SMARTS) is 1. The predicted molar refractivity (Wildman–Crippen MR) is 111 cm³/mol. The number of rotatable bonds is 6. The lowest BCUT2D eigenvalue weighted by Gasteiger charge is -2.09. The van der Waals surface area contributed by atoms with Gasteiger partial charge in [0.05, 0.1) is 5.69 Å². The first kappa shape index (κ1) is 20.1. The number of carboxylic acids is 1. The Morgan fingerprint density at radius 3 is 2.21 bits per heavy atom. The Morgan fingerprint density at radius 2 is 1.62 bits per heavy atom. The summed E-state index contributed by atoms with van der Waals surface area (Å²) in [5.74, 6) is -1.24. The average Bonchev–Trinajstić information content (AvgIpc) is 3.06. The number of amides is 2. The molecular formula is C21H18N2O5S. The van der Waals surface area contributed by atoms with Crippen molar-refractivity contribution in [2.45, 2.75) is 13.8 Å². The number of hydrogen-bond acceptors (Lipinski definition) is 5. The number of aryl methyl sites for hydroxylation is 1. The first-order chi connectivity index (χ1) is 13.8. The number of anilines is 2. The van der Waals surface area contributed by atoms with Gasteiger partial charge in [0, 0.05) is 18.2 Å². The Bertz CT molecular complexity index is 1060. The summed E-state index contributed by atoms with van der Waals surface area (Å²) in [7, 11) is 0. The Morgan fingerprint density at radius 1 is 0.966 bits per heavy atom. The van der Waals surface area contributed by atoms with Crippen LogP contribution in [0.2, 0.25) is 0 Å². The molecule has 29 heavy (non-hydrogen) atoms. The first-order valence-corrected chi connectivity index (χ1v) is 9.44. The van der Waals surface area contributed by atoms with Crippen LogP contribution in [-0.2, 0) is 4.79 Å². The number of hydrogen-bond donors (Lipinski definition) is 3. The van der Waals surface area contributed by atoms with Crippen LogP contribution in [0.5, 0.6) is 10.8 Å². The molecule has 0 spiro atoms. The molecule has 0 aliphatic rings. The van der Waals surface area contributed by atoms with Gasteiger partial charge >= 0.3 is 5.97 Å². The molecule has 0 radical (unpaired) electrons. The molecule has 0 bridgehead atoms. The number of carbonyl (C=O) groups is 3. The Hall–Kier alpha value is -3.65. The van der Waals surface area contributed by atoms with Crippen LogP contribution < -0.4 is 15.4 Å². The van der Waals surface area contributed by atoms with Crippen molar-refractivity contribution in [2.75, 3.05) is 10.6 Å². The molecule has 148 valence electrons. The molecule has 2 amide bonds. The highest BCUT2D eigenvalue weighted by Gasteiger charge is 2.18. The number of thiophene rings is 1. The van der Waals surface area contributed by atoms with Gasteiger partial charge in [0.25, 0.3) is 5.91 Å². The fourth-order valence-electron chi connectivity index (χ4n) is 2.46. The topological polar surface area (TPSA) is 105 Å². The van der Waals surface area contributed by atoms with E-state index >= 15 is 0 Å². The Kier molecular flexibility index (Phi) is 5.94. The summed E-state index contributed by atoms with van der Waals surface area (Å²) < 4.78 is 5.78. The molecule has 1 aromatic heterocycles. The normalized spacial score (nSPS) is 10.3. The summed E-state index contributed by atoms with van der Waals surface area (Å²) in [6.45, 7) is 3.33. The van der Waals surface area contributed by atoms with Crippen LogP contribution in [0, 0.1) is 6.92 Å². The van der Waals surface area contributed by atoms with Crippen molar-refractivity contribution in [3.8, 4) is 10.8 Å². The highest BCUT2D eigenvalue weighted by molar-refractivity contribution is 7.16. The van der Waals surface area contributed by atoms with Gasteiger partial charge in [-0.2, -0.15) is 0 Å². The highest BCUT2D eigenvalue weighted by Crippen LogP contribution is 2.39. The summed E-state index contributed by atoms with van der Waals surface area (Å²) in [6, 6.07) is 15.0. The SMILES string of the molecule is CC(=O)Nc1ccc(Oc2sc(C(=O)O)cc2NC(=O)c2ccc(C)cc2)cc1. The molecule has 0 saturated carbocycles. The lowest BCUT2D eigenvalue weighted by molar-refractivity contribution is -0.114. The fraction of sp³-hybridized carbons (Fsp3) is 0.0952. The van der Waals surface area contributed by atoms with Crippen molar-refractivity contribution < 1.29 is 24.2 Å². The van der Waals surface area contributed by atoms with Crippen LogP contribution in [0.25, 0.3) is 0 Å². The number of benzene rings is 2. The predicted octanol–water partition coefficient (Wildman–Crippen LogP) is 4.76. The number of carbonyl (C=O) groups excluding carboxylic acids is 2. The minimum Gasteiger partial charge on any atom is -0.477 e. The third-order valence-corrected chi connectivity index (χ3v) is 4.86. The zero-order valence-electron chi connectivity index (χ0n) is 15.7. The minimum absolute atomic E-state index is 0.0362. The third kappa shape index (κ3) is 5.20. The molecular weight excluding hydrogens is 392 g/mol. The molecule has 1 heterocycles. The maximum Gasteiger partial charge on any atom is 0.346 e. The van der Waals surface area contributed by atoms with E-state index in [9.17, 15) is 19.5 Å². The molecule has 0 aliphatic heterocycles. The standard InChI is InChI=1S/C21H18N2O5S/c1-12-3-5-14(6-4-12)19(25)23-17-11-18(20(26)27)29-21(17)28-16-9-7-15(8-10-16)22-13(2)24/h3-11H,1-2H3,(H,22,24)(H,23,25)(H,26,27). The smallest absolute Gasteiger partial charge is 0.346 e. The molecule has 0 aliphatic carbocycles. The third-order valence-electron chi connectivity index (χ3n) is 3.86. The quantitative estimate of drug-likeness (QED) is 0.544. The molecule has 8 heteroatoms. The van der Waals surface area contributed by atoms with E-state index in [-0.39, 0.29) is 27.4 Å². The summed E-state index contributed by atoms with van der Waals surface area (Å²) in [4.78, 5) is 35.0. The monoisotopic (exact) mass is 410 g/mol. The van der Waals surface area contributed by atoms with Crippen LogP contribution in [-0.4, -0.2) is 22.9 Å². The zero-order valence-corrected chi connectivity index (χ0v) is 16.5. The lowest BCUT2D eigenvalue weighted by Crippen LogP contribution is -2.11. The Balaban J connectivity index is 1.82. The van der Waals surface area contributed by atoms with Gasteiger partial charge in [-0.3, -0.25) is 9.59 Å². The summed E-state index contributed by atoms with van der Waals surface area (Å²) in [5.41, 5.74) is 2.35. The van der Waals surface area contributed by atoms with Gasteiger partial charge in [-0.05, 0) is 49.4 Å². The number of nitrogens with one attached hydrogen (secondary N) is 2. The second-order valence-corrected chi connectivity index (χ2v) is 7.26. The highest BCUT2D eigenvalue weighted by atomic mass is 32.1. The van der Waals surface area contributed by atoms with Gasteiger partial charge < -0.3 is 20.5 Å². The molecule has 0 fully saturated rings. The van der Waals surface area contributed by atoms with E-state index in [1.165, 1.54) is 13.0 Å². The number of aromatic carboxylic acids is 1. The van der Waals surface area contributed by atoms with E-state index in [2.05, 4.69) is 10.6 Å². The maximum absolute atomic E-state index is 12.5. The Labute approximate surface area is 171 Å². The van der Waals surface area contributed by atoms with E-state index in [1.807, 2.05) is 19.1 Å². The van der Waals surface area contributed by atoms with Crippen LogP contribution in [0.3, 0.4) is 0 Å². The van der Waals surface area contributed by atoms with Crippen molar-refractivity contribution in [1.29, 1.82) is 0 Å². The van der Waals surface area contributed by atoms with Crippen molar-refractivity contribution in [3.05, 3.63) is 70.6 Å². The number of ether oxygens (including phenoxy) is 1. The van der Waals surface area contributed by atoms with Crippen LogP contribution in [0.1, 0.15) is 32.5 Å². The molecule has 0 saturated heterocycles. The molecule has 3 rings (SSSR count). The van der Waals surface area contributed by atoms with Crippen LogP contribution in [0.15, 0.2) is 54.6 Å². The molecule has 2 aromatic carbocycles. The van der Waals surface area contributed by atoms with Gasteiger partial charge in [0.15, 0.2) is 0 Å². The van der Waals surface area contributed by atoms with Crippen LogP contribution >= 0.6 is 11.3 Å². The van der Waals surface area contributed by atoms with Crippen molar-refractivity contribution in [3.63, 3.8) is 0 Å². The van der Waals surface area contributed by atoms with Gasteiger partial charge in [0.2, 0.25) is 11.0 Å². The van der Waals surface area contributed by atoms with Gasteiger partial charge in [-0.15, -0.1) is 0 Å². The molecule has 0 unspecified atom stereocenters. The van der Waals surface area contributed by atoms with Crippen molar-refractivity contribution in [1.82, 2.24) is 0 Å².